The second-order valence-electron chi connectivity index (χ2n) is 15.9. The van der Waals surface area contributed by atoms with Gasteiger partial charge in [-0.05, 0) is 99.7 Å². The average molecular weight is 740 g/mol. The predicted octanol–water partition coefficient (Wildman–Crippen LogP) is 8.52. The molecule has 53 heavy (non-hydrogen) atoms. The largest absolute Gasteiger partial charge is 0.491 e. The van der Waals surface area contributed by atoms with Gasteiger partial charge in [0, 0.05) is 39.0 Å². The number of hydrogen-bond donors (Lipinski definition) is 0. The Bertz CT molecular complexity index is 1710. The van der Waals surface area contributed by atoms with Gasteiger partial charge in [-0.3, -0.25) is 4.79 Å². The van der Waals surface area contributed by atoms with Gasteiger partial charge in [0.2, 0.25) is 11.8 Å². The van der Waals surface area contributed by atoms with Crippen LogP contribution in [-0.2, 0) is 18.8 Å². The Hall–Kier alpha value is -4.10. The molecule has 2 aromatic rings. The normalized spacial score (nSPS) is 20.0. The number of rotatable bonds is 11. The van der Waals surface area contributed by atoms with Gasteiger partial charge in [-0.1, -0.05) is 50.3 Å². The van der Waals surface area contributed by atoms with Crippen molar-refractivity contribution < 1.29 is 41.5 Å². The summed E-state index contributed by atoms with van der Waals surface area (Å²) in [6, 6.07) is 11.2. The lowest BCUT2D eigenvalue weighted by molar-refractivity contribution is -0.126. The van der Waals surface area contributed by atoms with Gasteiger partial charge in [-0.2, -0.15) is 13.2 Å². The molecule has 0 N–H and O–H groups in total. The third-order valence-electron chi connectivity index (χ3n) is 9.89. The smallest absolute Gasteiger partial charge is 0.476 e. The third-order valence-corrected chi connectivity index (χ3v) is 9.89. The summed E-state index contributed by atoms with van der Waals surface area (Å²) in [5.74, 6) is -0.140. The summed E-state index contributed by atoms with van der Waals surface area (Å²) in [7, 11) is 2.00. The number of carbonyl (C=O) groups is 2. The van der Waals surface area contributed by atoms with Crippen molar-refractivity contribution in [2.45, 2.75) is 97.6 Å². The molecule has 13 heteroatoms. The lowest BCUT2D eigenvalue weighted by Crippen LogP contribution is -2.41. The van der Waals surface area contributed by atoms with Crippen molar-refractivity contribution in [1.82, 2.24) is 14.8 Å². The van der Waals surface area contributed by atoms with Crippen LogP contribution in [0.25, 0.3) is 11.6 Å². The fourth-order valence-corrected chi connectivity index (χ4v) is 6.11. The molecule has 9 nitrogen and oxygen atoms in total. The van der Waals surface area contributed by atoms with Crippen molar-refractivity contribution in [3.8, 4) is 5.88 Å². The van der Waals surface area contributed by atoms with Gasteiger partial charge in [-0.25, -0.2) is 9.78 Å². The van der Waals surface area contributed by atoms with Crippen molar-refractivity contribution in [1.29, 1.82) is 0 Å². The monoisotopic (exact) mass is 739 g/mol. The van der Waals surface area contributed by atoms with Crippen molar-refractivity contribution >= 4 is 30.8 Å². The van der Waals surface area contributed by atoms with Crippen molar-refractivity contribution in [3.63, 3.8) is 0 Å². The van der Waals surface area contributed by atoms with E-state index in [1.165, 1.54) is 22.1 Å². The maximum Gasteiger partial charge on any atom is 0.491 e. The fraction of sp³-hybridized carbons (Fsp3) is 0.525. The quantitative estimate of drug-likeness (QED) is 0.169. The number of hydrogen-bond acceptors (Lipinski definition) is 7. The molecule has 2 aliphatic rings. The standard InChI is InChI=1S/C40H53BF3N3O6/c1-26-27(2)31(23-28-15-12-13-16-30(26)28)35(32(24-40(42,43)44)41-52-38(6,7)39(8,9)53-41)29-18-19-33(45-25-29)50-22-21-47(36(49)51-37(3,4)5)20-14-17-34(48)46(10)11/h12-19,23,25-27H,20-22,24H2,1-11H3/b17-14+,35-32+/t26-,27?/m0/s1. The van der Waals surface area contributed by atoms with E-state index in [4.69, 9.17) is 18.8 Å². The minimum absolute atomic E-state index is 0.0194. The summed E-state index contributed by atoms with van der Waals surface area (Å²) in [5.41, 5.74) is 1.13. The molecule has 0 radical (unpaired) electrons. The highest BCUT2D eigenvalue weighted by molar-refractivity contribution is 6.56. The number of halogens is 3. The number of alkyl halides is 3. The number of pyridine rings is 1. The molecule has 2 atom stereocenters. The van der Waals surface area contributed by atoms with E-state index in [1.54, 1.807) is 53.1 Å². The zero-order valence-electron chi connectivity index (χ0n) is 32.8. The number of ether oxygens (including phenoxy) is 2. The van der Waals surface area contributed by atoms with Crippen molar-refractivity contribution in [2.75, 3.05) is 33.8 Å². The second kappa shape index (κ2) is 16.1. The Balaban J connectivity index is 1.71. The molecule has 1 fully saturated rings. The highest BCUT2D eigenvalue weighted by Crippen LogP contribution is 2.48. The van der Waals surface area contributed by atoms with E-state index in [2.05, 4.69) is 18.0 Å². The minimum Gasteiger partial charge on any atom is -0.476 e. The summed E-state index contributed by atoms with van der Waals surface area (Å²) in [5, 5.41) is 0. The van der Waals surface area contributed by atoms with Gasteiger partial charge in [0.05, 0.1) is 24.2 Å². The Kier molecular flexibility index (Phi) is 12.7. The van der Waals surface area contributed by atoms with E-state index >= 15 is 0 Å². The Morgan fingerprint density at radius 1 is 0.981 bits per heavy atom. The van der Waals surface area contributed by atoms with Crippen LogP contribution in [0.5, 0.6) is 5.88 Å². The molecular formula is C40H53BF3N3O6. The number of allylic oxidation sites excluding steroid dienone is 3. The fourth-order valence-electron chi connectivity index (χ4n) is 6.11. The first-order valence-electron chi connectivity index (χ1n) is 17.9. The lowest BCUT2D eigenvalue weighted by Gasteiger charge is -2.33. The van der Waals surface area contributed by atoms with E-state index in [9.17, 15) is 22.8 Å². The summed E-state index contributed by atoms with van der Waals surface area (Å²) in [6.45, 7) is 16.9. The molecule has 1 aliphatic heterocycles. The number of fused-ring (bicyclic) bond motifs is 1. The molecule has 0 bridgehead atoms. The van der Waals surface area contributed by atoms with Crippen molar-refractivity contribution in [2.24, 2.45) is 5.92 Å². The van der Waals surface area contributed by atoms with E-state index in [0.29, 0.717) is 11.1 Å². The SMILES string of the molecule is CC1C(/C(=C(\CC(F)(F)F)B2OC(C)(C)C(C)(C)O2)c2ccc(OCCN(C/C=C/C(=O)N(C)C)C(=O)OC(C)(C)C)nc2)=Cc2ccccc2[C@H]1C. The molecule has 0 saturated carbocycles. The highest BCUT2D eigenvalue weighted by atomic mass is 19.4. The predicted molar refractivity (Wildman–Crippen MR) is 201 cm³/mol. The maximum absolute atomic E-state index is 14.5. The summed E-state index contributed by atoms with van der Waals surface area (Å²) in [4.78, 5) is 32.3. The number of benzene rings is 1. The minimum atomic E-state index is -4.56. The van der Waals surface area contributed by atoms with Crippen LogP contribution < -0.4 is 4.74 Å². The number of likely N-dealkylation sites (N-methyl/N-ethyl adjacent to an activating group) is 1. The molecule has 1 aromatic carbocycles. The van der Waals surface area contributed by atoms with E-state index < -0.39 is 42.6 Å². The van der Waals surface area contributed by atoms with Gasteiger partial charge in [-0.15, -0.1) is 0 Å². The van der Waals surface area contributed by atoms with E-state index in [0.717, 1.165) is 16.7 Å². The van der Waals surface area contributed by atoms with Gasteiger partial charge in [0.1, 0.15) is 12.2 Å². The summed E-state index contributed by atoms with van der Waals surface area (Å²) >= 11 is 0. The third kappa shape index (κ3) is 10.5. The number of aromatic nitrogens is 1. The van der Waals surface area contributed by atoms with Crippen LogP contribution in [0.3, 0.4) is 0 Å². The first kappa shape index (κ1) is 41.7. The molecule has 0 spiro atoms. The molecule has 288 valence electrons. The van der Waals surface area contributed by atoms with E-state index in [1.807, 2.05) is 58.9 Å². The van der Waals surface area contributed by atoms with Gasteiger partial charge in [0.15, 0.2) is 0 Å². The van der Waals surface area contributed by atoms with Gasteiger partial charge >= 0.3 is 19.4 Å². The zero-order chi connectivity index (χ0) is 39.5. The van der Waals surface area contributed by atoms with Crippen LogP contribution in [-0.4, -0.2) is 90.7 Å². The molecular weight excluding hydrogens is 686 g/mol. The molecule has 1 aromatic heterocycles. The van der Waals surface area contributed by atoms with Gasteiger partial charge in [0.25, 0.3) is 0 Å². The molecule has 4 rings (SSSR count). The second-order valence-corrected chi connectivity index (χ2v) is 15.9. The molecule has 1 saturated heterocycles. The average Bonchev–Trinajstić information content (AvgIpc) is 3.27. The van der Waals surface area contributed by atoms with Crippen molar-refractivity contribution in [3.05, 3.63) is 82.5 Å². The molecule has 2 heterocycles. The Morgan fingerprint density at radius 2 is 1.62 bits per heavy atom. The lowest BCUT2D eigenvalue weighted by atomic mass is 9.66. The summed E-state index contributed by atoms with van der Waals surface area (Å²) < 4.78 is 67.6. The highest BCUT2D eigenvalue weighted by Gasteiger charge is 2.54. The maximum atomic E-state index is 14.5. The van der Waals surface area contributed by atoms with Crippen LogP contribution in [0.4, 0.5) is 18.0 Å². The van der Waals surface area contributed by atoms with E-state index in [-0.39, 0.29) is 48.8 Å². The Labute approximate surface area is 312 Å². The van der Waals surface area contributed by atoms with Crippen LogP contribution in [0.15, 0.2) is 65.8 Å². The number of carbonyl (C=O) groups excluding carboxylic acids is 2. The molecule has 1 unspecified atom stereocenters. The molecule has 2 amide bonds. The summed E-state index contributed by atoms with van der Waals surface area (Å²) in [6.07, 6.45) is 0.0456. The topological polar surface area (TPSA) is 90.4 Å². The number of amides is 2. The Morgan fingerprint density at radius 3 is 2.19 bits per heavy atom. The van der Waals surface area contributed by atoms with Gasteiger partial charge < -0.3 is 28.6 Å². The molecule has 1 aliphatic carbocycles. The van der Waals surface area contributed by atoms with Crippen LogP contribution in [0, 0.1) is 5.92 Å². The zero-order valence-corrected chi connectivity index (χ0v) is 32.8. The first-order valence-corrected chi connectivity index (χ1v) is 17.9. The van der Waals surface area contributed by atoms with Crippen LogP contribution >= 0.6 is 0 Å². The van der Waals surface area contributed by atoms with Crippen LogP contribution in [0.2, 0.25) is 0 Å². The van der Waals surface area contributed by atoms with Crippen LogP contribution in [0.1, 0.15) is 91.3 Å². The first-order chi connectivity index (χ1) is 24.5. The number of nitrogens with zero attached hydrogens (tertiary/aromatic N) is 3.